The second kappa shape index (κ2) is 8.86. The van der Waals surface area contributed by atoms with Gasteiger partial charge in [-0.05, 0) is 39.8 Å². The Bertz CT molecular complexity index is 957. The molecular weight excluding hydrogens is 386 g/mol. The van der Waals surface area contributed by atoms with Crippen molar-refractivity contribution in [1.29, 1.82) is 0 Å². The lowest BCUT2D eigenvalue weighted by Gasteiger charge is -2.37. The molecule has 3 rings (SSSR count). The van der Waals surface area contributed by atoms with Crippen LogP contribution < -0.4 is 9.75 Å². The van der Waals surface area contributed by atoms with Gasteiger partial charge in [0.05, 0.1) is 30.7 Å². The minimum absolute atomic E-state index is 0.250. The smallest absolute Gasteiger partial charge is 0.435 e. The van der Waals surface area contributed by atoms with E-state index >= 15 is 0 Å². The Kier molecular flexibility index (Phi) is 6.25. The first-order valence-electron chi connectivity index (χ1n) is 9.65. The van der Waals surface area contributed by atoms with Crippen LogP contribution in [-0.2, 0) is 9.47 Å². The molecule has 2 aromatic rings. The van der Waals surface area contributed by atoms with Gasteiger partial charge in [0.25, 0.3) is 0 Å². The van der Waals surface area contributed by atoms with E-state index in [1.807, 2.05) is 18.2 Å². The summed E-state index contributed by atoms with van der Waals surface area (Å²) < 4.78 is 16.2. The third-order valence-electron chi connectivity index (χ3n) is 4.09. The minimum atomic E-state index is -0.748. The number of ether oxygens (including phenoxy) is 3. The van der Waals surface area contributed by atoms with Crippen molar-refractivity contribution in [2.24, 2.45) is 4.99 Å². The molecule has 1 aliphatic heterocycles. The van der Waals surface area contributed by atoms with E-state index in [1.54, 1.807) is 58.0 Å². The Morgan fingerprint density at radius 3 is 2.03 bits per heavy atom. The largest absolute Gasteiger partial charge is 0.497 e. The van der Waals surface area contributed by atoms with E-state index in [-0.39, 0.29) is 5.84 Å². The number of carbonyl (C=O) groups excluding carboxylic acids is 2. The number of hydrazine groups is 1. The van der Waals surface area contributed by atoms with Gasteiger partial charge in [-0.25, -0.2) is 14.6 Å². The van der Waals surface area contributed by atoms with Gasteiger partial charge in [-0.2, -0.15) is 10.0 Å². The van der Waals surface area contributed by atoms with Crippen LogP contribution in [0.15, 0.2) is 53.5 Å². The molecule has 158 valence electrons. The van der Waals surface area contributed by atoms with E-state index in [9.17, 15) is 9.59 Å². The number of hydrogen-bond acceptors (Lipinski definition) is 6. The maximum atomic E-state index is 13.1. The number of amides is 2. The Labute approximate surface area is 175 Å². The molecule has 0 bridgehead atoms. The van der Waals surface area contributed by atoms with Crippen molar-refractivity contribution in [3.05, 3.63) is 54.1 Å². The molecule has 8 nitrogen and oxygen atoms in total. The zero-order valence-corrected chi connectivity index (χ0v) is 17.7. The summed E-state index contributed by atoms with van der Waals surface area (Å²) >= 11 is 0. The monoisotopic (exact) mass is 411 g/mol. The predicted octanol–water partition coefficient (Wildman–Crippen LogP) is 4.90. The number of benzene rings is 2. The van der Waals surface area contributed by atoms with Gasteiger partial charge in [0.15, 0.2) is 5.84 Å². The molecule has 0 aromatic heterocycles. The summed E-state index contributed by atoms with van der Waals surface area (Å²) in [5.74, 6) is 0.756. The van der Waals surface area contributed by atoms with Crippen LogP contribution in [0.3, 0.4) is 0 Å². The standard InChI is InChI=1S/C22H25N3O5/c1-14(2)29-21(26)24-19-13-17(28-5)11-12-18(19)23-20(16-9-7-6-8-10-16)25(24)22(27)30-15(3)4/h6-15H,1-5H3. The highest BCUT2D eigenvalue weighted by atomic mass is 16.6. The van der Waals surface area contributed by atoms with Gasteiger partial charge in [0.1, 0.15) is 5.75 Å². The van der Waals surface area contributed by atoms with Gasteiger partial charge in [0, 0.05) is 11.6 Å². The Balaban J connectivity index is 2.22. The van der Waals surface area contributed by atoms with Crippen LogP contribution in [0.5, 0.6) is 5.75 Å². The quantitative estimate of drug-likeness (QED) is 0.715. The Morgan fingerprint density at radius 2 is 1.47 bits per heavy atom. The number of amidine groups is 1. The number of fused-ring (bicyclic) bond motifs is 1. The minimum Gasteiger partial charge on any atom is -0.497 e. The van der Waals surface area contributed by atoms with Crippen LogP contribution in [0.25, 0.3) is 0 Å². The van der Waals surface area contributed by atoms with Gasteiger partial charge in [0.2, 0.25) is 0 Å². The van der Waals surface area contributed by atoms with Gasteiger partial charge in [-0.1, -0.05) is 30.3 Å². The predicted molar refractivity (Wildman–Crippen MR) is 113 cm³/mol. The highest BCUT2D eigenvalue weighted by Gasteiger charge is 2.40. The van der Waals surface area contributed by atoms with Gasteiger partial charge in [-0.3, -0.25) is 0 Å². The van der Waals surface area contributed by atoms with Crippen LogP contribution in [0.1, 0.15) is 33.3 Å². The lowest BCUT2D eigenvalue weighted by atomic mass is 10.1. The van der Waals surface area contributed by atoms with Crippen molar-refractivity contribution in [2.75, 3.05) is 12.1 Å². The second-order valence-electron chi connectivity index (χ2n) is 7.14. The van der Waals surface area contributed by atoms with Crippen LogP contribution in [0.4, 0.5) is 21.0 Å². The summed E-state index contributed by atoms with van der Waals surface area (Å²) in [6, 6.07) is 14.2. The first kappa shape index (κ1) is 21.2. The molecular formula is C22H25N3O5. The molecule has 0 radical (unpaired) electrons. The summed E-state index contributed by atoms with van der Waals surface area (Å²) in [7, 11) is 1.52. The number of nitrogens with zero attached hydrogens (tertiary/aromatic N) is 3. The lowest BCUT2D eigenvalue weighted by molar-refractivity contribution is 0.0801. The molecule has 0 unspecified atom stereocenters. The molecule has 2 aromatic carbocycles. The number of rotatable bonds is 4. The number of aliphatic imine (C=N–C) groups is 1. The van der Waals surface area contributed by atoms with E-state index in [1.165, 1.54) is 7.11 Å². The van der Waals surface area contributed by atoms with Gasteiger partial charge < -0.3 is 14.2 Å². The zero-order valence-electron chi connectivity index (χ0n) is 17.7. The first-order chi connectivity index (χ1) is 14.3. The SMILES string of the molecule is COc1ccc2c(c1)N(C(=O)OC(C)C)N(C(=O)OC(C)C)C(c1ccccc1)=N2. The van der Waals surface area contributed by atoms with Crippen LogP contribution in [0.2, 0.25) is 0 Å². The fourth-order valence-electron chi connectivity index (χ4n) is 2.88. The zero-order chi connectivity index (χ0) is 21.8. The van der Waals surface area contributed by atoms with E-state index in [4.69, 9.17) is 14.2 Å². The molecule has 0 spiro atoms. The van der Waals surface area contributed by atoms with Gasteiger partial charge in [-0.15, -0.1) is 0 Å². The summed E-state index contributed by atoms with van der Waals surface area (Å²) in [5, 5.41) is 2.24. The second-order valence-corrected chi connectivity index (χ2v) is 7.14. The van der Waals surface area contributed by atoms with E-state index in [0.29, 0.717) is 22.7 Å². The maximum absolute atomic E-state index is 13.1. The van der Waals surface area contributed by atoms with Crippen molar-refractivity contribution in [3.8, 4) is 5.75 Å². The molecule has 0 N–H and O–H groups in total. The van der Waals surface area contributed by atoms with Crippen molar-refractivity contribution in [3.63, 3.8) is 0 Å². The molecule has 30 heavy (non-hydrogen) atoms. The first-order valence-corrected chi connectivity index (χ1v) is 9.65. The number of hydrogen-bond donors (Lipinski definition) is 0. The van der Waals surface area contributed by atoms with Crippen molar-refractivity contribution < 1.29 is 23.8 Å². The van der Waals surface area contributed by atoms with E-state index in [0.717, 1.165) is 10.0 Å². The van der Waals surface area contributed by atoms with Crippen LogP contribution in [0, 0.1) is 0 Å². The average Bonchev–Trinajstić information content (AvgIpc) is 2.71. The molecule has 0 atom stereocenters. The summed E-state index contributed by atoms with van der Waals surface area (Å²) in [6.07, 6.45) is -2.27. The number of carbonyl (C=O) groups is 2. The van der Waals surface area contributed by atoms with Crippen molar-refractivity contribution in [2.45, 2.75) is 39.9 Å². The number of methoxy groups -OCH3 is 1. The van der Waals surface area contributed by atoms with Crippen LogP contribution in [-0.4, -0.2) is 42.3 Å². The Hall–Kier alpha value is -3.55. The van der Waals surface area contributed by atoms with Crippen molar-refractivity contribution >= 4 is 29.4 Å². The maximum Gasteiger partial charge on any atom is 0.435 e. The molecule has 8 heteroatoms. The van der Waals surface area contributed by atoms with Gasteiger partial charge >= 0.3 is 12.2 Å². The molecule has 1 aliphatic rings. The summed E-state index contributed by atoms with van der Waals surface area (Å²) in [5.41, 5.74) is 1.48. The third kappa shape index (κ3) is 4.37. The fraction of sp³-hybridized carbons (Fsp3) is 0.318. The molecule has 0 aliphatic carbocycles. The number of anilines is 1. The van der Waals surface area contributed by atoms with E-state index in [2.05, 4.69) is 4.99 Å². The molecule has 0 saturated heterocycles. The topological polar surface area (TPSA) is 80.7 Å². The average molecular weight is 411 g/mol. The Morgan fingerprint density at radius 1 is 0.867 bits per heavy atom. The fourth-order valence-corrected chi connectivity index (χ4v) is 2.88. The highest BCUT2D eigenvalue weighted by molar-refractivity contribution is 6.14. The van der Waals surface area contributed by atoms with E-state index < -0.39 is 24.4 Å². The summed E-state index contributed by atoms with van der Waals surface area (Å²) in [6.45, 7) is 6.93. The van der Waals surface area contributed by atoms with Crippen molar-refractivity contribution in [1.82, 2.24) is 5.01 Å². The molecule has 1 heterocycles. The molecule has 2 amide bonds. The summed E-state index contributed by atoms with van der Waals surface area (Å²) in [4.78, 5) is 30.9. The normalized spacial score (nSPS) is 13.1. The third-order valence-corrected chi connectivity index (χ3v) is 4.09. The highest BCUT2D eigenvalue weighted by Crippen LogP contribution is 2.39. The lowest BCUT2D eigenvalue weighted by Crippen LogP contribution is -2.56. The molecule has 0 fully saturated rings. The molecule has 0 saturated carbocycles. The van der Waals surface area contributed by atoms with Crippen LogP contribution >= 0.6 is 0 Å².